The molecule has 0 radical (unpaired) electrons. The second-order valence-corrected chi connectivity index (χ2v) is 7.49. The van der Waals surface area contributed by atoms with Gasteiger partial charge in [-0.2, -0.15) is 0 Å². The normalized spacial score (nSPS) is 11.3. The van der Waals surface area contributed by atoms with Crippen LogP contribution in [-0.4, -0.2) is 26.4 Å². The van der Waals surface area contributed by atoms with Gasteiger partial charge < -0.3 is 9.88 Å². The first-order chi connectivity index (χ1) is 11.3. The van der Waals surface area contributed by atoms with Crippen LogP contribution in [0.3, 0.4) is 0 Å². The van der Waals surface area contributed by atoms with E-state index in [9.17, 15) is 4.79 Å². The maximum Gasteiger partial charge on any atom is 0.234 e. The number of anilines is 1. The number of nitrogens with zero attached hydrogens (tertiary/aromatic N) is 3. The SMILES string of the molecule is Cc1cccc(NC(=O)CSc2nnc(C(C)C)n2C(C)C)c1C. The zero-order chi connectivity index (χ0) is 17.9. The number of carbonyl (C=O) groups is 1. The molecule has 1 heterocycles. The minimum absolute atomic E-state index is 0.0295. The zero-order valence-electron chi connectivity index (χ0n) is 15.3. The fourth-order valence-corrected chi connectivity index (χ4v) is 3.34. The molecule has 1 aromatic carbocycles. The summed E-state index contributed by atoms with van der Waals surface area (Å²) in [6.45, 7) is 12.5. The number of thioether (sulfide) groups is 1. The lowest BCUT2D eigenvalue weighted by molar-refractivity contribution is -0.113. The van der Waals surface area contributed by atoms with E-state index in [1.807, 2.05) is 32.0 Å². The quantitative estimate of drug-likeness (QED) is 0.791. The van der Waals surface area contributed by atoms with Gasteiger partial charge in [-0.1, -0.05) is 37.7 Å². The first-order valence-corrected chi connectivity index (χ1v) is 9.23. The van der Waals surface area contributed by atoms with Gasteiger partial charge in [0.05, 0.1) is 5.75 Å². The summed E-state index contributed by atoms with van der Waals surface area (Å²) in [5.41, 5.74) is 3.14. The van der Waals surface area contributed by atoms with Crippen LogP contribution in [-0.2, 0) is 4.79 Å². The number of hydrogen-bond acceptors (Lipinski definition) is 4. The number of nitrogens with one attached hydrogen (secondary N) is 1. The van der Waals surface area contributed by atoms with E-state index in [0.29, 0.717) is 11.7 Å². The summed E-state index contributed by atoms with van der Waals surface area (Å²) < 4.78 is 2.11. The summed E-state index contributed by atoms with van der Waals surface area (Å²) in [6.07, 6.45) is 0. The molecule has 0 saturated heterocycles. The molecule has 130 valence electrons. The molecule has 6 heteroatoms. The van der Waals surface area contributed by atoms with Crippen molar-refractivity contribution in [2.75, 3.05) is 11.1 Å². The van der Waals surface area contributed by atoms with Gasteiger partial charge in [0.2, 0.25) is 5.91 Å². The molecule has 1 amide bonds. The van der Waals surface area contributed by atoms with Crippen molar-refractivity contribution in [2.45, 2.75) is 58.7 Å². The smallest absolute Gasteiger partial charge is 0.234 e. The van der Waals surface area contributed by atoms with Crippen LogP contribution < -0.4 is 5.32 Å². The second-order valence-electron chi connectivity index (χ2n) is 6.54. The second kappa shape index (κ2) is 7.83. The Labute approximate surface area is 148 Å². The van der Waals surface area contributed by atoms with Crippen molar-refractivity contribution < 1.29 is 4.79 Å². The van der Waals surface area contributed by atoms with Gasteiger partial charge in [-0.3, -0.25) is 4.79 Å². The van der Waals surface area contributed by atoms with E-state index in [1.165, 1.54) is 17.3 Å². The Hall–Kier alpha value is -1.82. The van der Waals surface area contributed by atoms with Crippen molar-refractivity contribution >= 4 is 23.4 Å². The maximum atomic E-state index is 12.3. The molecule has 5 nitrogen and oxygen atoms in total. The van der Waals surface area contributed by atoms with E-state index in [2.05, 4.69) is 47.8 Å². The number of amides is 1. The molecule has 0 aliphatic carbocycles. The highest BCUT2D eigenvalue weighted by atomic mass is 32.2. The molecule has 1 aromatic heterocycles. The third-order valence-electron chi connectivity index (χ3n) is 3.93. The van der Waals surface area contributed by atoms with E-state index >= 15 is 0 Å². The summed E-state index contributed by atoms with van der Waals surface area (Å²) in [5, 5.41) is 12.3. The fourth-order valence-electron chi connectivity index (χ4n) is 2.47. The lowest BCUT2D eigenvalue weighted by Gasteiger charge is -2.15. The third-order valence-corrected chi connectivity index (χ3v) is 4.88. The minimum atomic E-state index is -0.0295. The van der Waals surface area contributed by atoms with E-state index in [0.717, 1.165) is 22.2 Å². The first kappa shape index (κ1) is 18.5. The molecular formula is C18H26N4OS. The predicted octanol–water partition coefficient (Wildman–Crippen LogP) is 4.33. The lowest BCUT2D eigenvalue weighted by atomic mass is 10.1. The van der Waals surface area contributed by atoms with Crippen molar-refractivity contribution in [2.24, 2.45) is 0 Å². The van der Waals surface area contributed by atoms with Gasteiger partial charge in [-0.25, -0.2) is 0 Å². The van der Waals surface area contributed by atoms with Crippen LogP contribution >= 0.6 is 11.8 Å². The summed E-state index contributed by atoms with van der Waals surface area (Å²) in [7, 11) is 0. The van der Waals surface area contributed by atoms with Crippen molar-refractivity contribution in [1.29, 1.82) is 0 Å². The van der Waals surface area contributed by atoms with Crippen LogP contribution in [0.4, 0.5) is 5.69 Å². The Bertz CT molecular complexity index is 722. The van der Waals surface area contributed by atoms with E-state index in [1.54, 1.807) is 0 Å². The van der Waals surface area contributed by atoms with Gasteiger partial charge >= 0.3 is 0 Å². The summed E-state index contributed by atoms with van der Waals surface area (Å²) in [5.74, 6) is 1.55. The Morgan fingerprint density at radius 3 is 2.54 bits per heavy atom. The molecule has 2 rings (SSSR count). The molecule has 0 spiro atoms. The molecule has 0 fully saturated rings. The van der Waals surface area contributed by atoms with Crippen molar-refractivity contribution in [1.82, 2.24) is 14.8 Å². The van der Waals surface area contributed by atoms with Crippen molar-refractivity contribution in [3.63, 3.8) is 0 Å². The van der Waals surface area contributed by atoms with Gasteiger partial charge in [-0.15, -0.1) is 10.2 Å². The monoisotopic (exact) mass is 346 g/mol. The van der Waals surface area contributed by atoms with Crippen LogP contribution in [0.2, 0.25) is 0 Å². The average Bonchev–Trinajstić information content (AvgIpc) is 2.94. The highest BCUT2D eigenvalue weighted by Crippen LogP contribution is 2.25. The van der Waals surface area contributed by atoms with Crippen molar-refractivity contribution in [3.05, 3.63) is 35.2 Å². The molecular weight excluding hydrogens is 320 g/mol. The molecule has 0 aliphatic heterocycles. The Balaban J connectivity index is 2.06. The number of carbonyl (C=O) groups excluding carboxylic acids is 1. The van der Waals surface area contributed by atoms with Gasteiger partial charge in [0.15, 0.2) is 5.16 Å². The maximum absolute atomic E-state index is 12.3. The van der Waals surface area contributed by atoms with Gasteiger partial charge in [0, 0.05) is 17.6 Å². The first-order valence-electron chi connectivity index (χ1n) is 8.25. The summed E-state index contributed by atoms with van der Waals surface area (Å²) in [6, 6.07) is 6.19. The topological polar surface area (TPSA) is 59.8 Å². The number of aryl methyl sites for hydroxylation is 1. The molecule has 1 N–H and O–H groups in total. The number of aromatic nitrogens is 3. The van der Waals surface area contributed by atoms with Gasteiger partial charge in [-0.05, 0) is 44.9 Å². The minimum Gasteiger partial charge on any atom is -0.325 e. The van der Waals surface area contributed by atoms with Crippen LogP contribution in [0.1, 0.15) is 56.6 Å². The van der Waals surface area contributed by atoms with Crippen molar-refractivity contribution in [3.8, 4) is 0 Å². The van der Waals surface area contributed by atoms with Crippen LogP contribution in [0.25, 0.3) is 0 Å². The van der Waals surface area contributed by atoms with Gasteiger partial charge in [0.1, 0.15) is 5.82 Å². The highest BCUT2D eigenvalue weighted by Gasteiger charge is 2.18. The van der Waals surface area contributed by atoms with E-state index in [4.69, 9.17) is 0 Å². The highest BCUT2D eigenvalue weighted by molar-refractivity contribution is 7.99. The third kappa shape index (κ3) is 4.17. The average molecular weight is 347 g/mol. The Morgan fingerprint density at radius 1 is 1.21 bits per heavy atom. The molecule has 0 bridgehead atoms. The summed E-state index contributed by atoms with van der Waals surface area (Å²) in [4.78, 5) is 12.3. The van der Waals surface area contributed by atoms with Gasteiger partial charge in [0.25, 0.3) is 0 Å². The van der Waals surface area contributed by atoms with E-state index in [-0.39, 0.29) is 11.9 Å². The largest absolute Gasteiger partial charge is 0.325 e. The fraction of sp³-hybridized carbons (Fsp3) is 0.500. The molecule has 0 saturated carbocycles. The zero-order valence-corrected chi connectivity index (χ0v) is 16.1. The lowest BCUT2D eigenvalue weighted by Crippen LogP contribution is -2.16. The number of rotatable bonds is 6. The standard InChI is InChI=1S/C18H26N4OS/c1-11(2)17-20-21-18(22(17)12(3)4)24-10-16(23)19-15-9-7-8-13(5)14(15)6/h7-9,11-12H,10H2,1-6H3,(H,19,23). The molecule has 0 atom stereocenters. The molecule has 0 aliphatic rings. The van der Waals surface area contributed by atoms with Crippen LogP contribution in [0, 0.1) is 13.8 Å². The number of benzene rings is 1. The van der Waals surface area contributed by atoms with Crippen LogP contribution in [0.15, 0.2) is 23.4 Å². The summed E-state index contributed by atoms with van der Waals surface area (Å²) >= 11 is 1.43. The number of hydrogen-bond donors (Lipinski definition) is 1. The molecule has 24 heavy (non-hydrogen) atoms. The Kier molecular flexibility index (Phi) is 6.04. The Morgan fingerprint density at radius 2 is 1.92 bits per heavy atom. The molecule has 0 unspecified atom stereocenters. The van der Waals surface area contributed by atoms with Crippen LogP contribution in [0.5, 0.6) is 0 Å². The van der Waals surface area contributed by atoms with E-state index < -0.39 is 0 Å². The predicted molar refractivity (Wildman–Crippen MR) is 99.8 cm³/mol. The molecule has 2 aromatic rings.